The molecule has 0 saturated heterocycles. The number of hydrogen-bond acceptors (Lipinski definition) is 0. The highest BCUT2D eigenvalue weighted by Crippen LogP contribution is 2.46. The number of rotatable bonds is 12. The number of aromatic nitrogens is 5. The van der Waals surface area contributed by atoms with Crippen LogP contribution in [0.25, 0.3) is 144 Å². The molecule has 0 atom stereocenters. The third-order valence-corrected chi connectivity index (χ3v) is 31.4. The second-order valence-corrected chi connectivity index (χ2v) is 41.7. The molecule has 0 bridgehead atoms. The van der Waals surface area contributed by atoms with Crippen molar-refractivity contribution in [2.24, 2.45) is 35.2 Å². The van der Waals surface area contributed by atoms with Gasteiger partial charge in [-0.2, -0.15) is 13.7 Å². The van der Waals surface area contributed by atoms with Gasteiger partial charge in [0.25, 0.3) is 0 Å². The first kappa shape index (κ1) is 94.9. The maximum Gasteiger partial charge on any atom is 0.220 e. The Balaban J connectivity index is 0.000000122. The molecule has 0 aliphatic heterocycles. The van der Waals surface area contributed by atoms with Crippen molar-refractivity contribution in [3.8, 4) is 89.7 Å². The number of fused-ring (bicyclic) bond motifs is 5. The lowest BCUT2D eigenvalue weighted by Gasteiger charge is -2.28. The maximum absolute atomic E-state index is 8.69. The summed E-state index contributed by atoms with van der Waals surface area (Å²) in [5.41, 5.74) is 46.2. The average molecular weight is 1830 g/mol. The van der Waals surface area contributed by atoms with Crippen LogP contribution >= 0.6 is 0 Å². The van der Waals surface area contributed by atoms with E-state index in [4.69, 9.17) is 2.74 Å². The Morgan fingerprint density at radius 3 is 0.971 bits per heavy atom. The number of hydrogen-bond donors (Lipinski definition) is 0. The minimum atomic E-state index is 0.426. The van der Waals surface area contributed by atoms with Crippen LogP contribution < -0.4 is 22.8 Å². The highest BCUT2D eigenvalue weighted by Gasteiger charge is 2.31. The standard InChI is InChI=1S/C30H38N.C27H28N.C26H32N.C26H26N.C25H24N/c1-21-14-15-27-25(18-21)16-17-31(3)30(27)29-20-26(23-10-6-4-7-11-23)19-28(22(29)2)24-12-8-5-9-13-24;1-18(2)25-16-23(21-9-7-6-8-10-21)17-26(20(25)4)27-24-12-11-19(3)15-22(24)13-14-28(27)5;2*1-17-11-12-24-23(13-17)15-19(3)27(5)26(24)25-16-22(14-18(2)20(25)4)21-9-7-6-8-10-21;1-17-10-13-23-22(14-17)15-19(3)26(4)25(23)24-16-21(12-11-18(24)2)20-8-6-5-7-9-20/h14-20,23-24H,4-13H2,1-3H3;6-18H,1-5H3;11-16,21H,6-10H2,1-5H3;6-16H,1-5H3;5-16H,1-4H3/q5*+1/i17D;14D;;;. The fraction of sp³-hybridized carbons (Fsp3) is 0.306. The van der Waals surface area contributed by atoms with Gasteiger partial charge in [0.15, 0.2) is 29.4 Å². The van der Waals surface area contributed by atoms with E-state index < -0.39 is 0 Å². The minimum Gasteiger partial charge on any atom is -0.200 e. The quantitative estimate of drug-likeness (QED) is 0.109. The summed E-state index contributed by atoms with van der Waals surface area (Å²) in [6, 6.07) is 102. The van der Waals surface area contributed by atoms with Crippen molar-refractivity contribution < 1.29 is 25.6 Å². The highest BCUT2D eigenvalue weighted by molar-refractivity contribution is 6.00. The van der Waals surface area contributed by atoms with E-state index in [0.717, 1.165) is 17.0 Å². The molecule has 5 heteroatoms. The van der Waals surface area contributed by atoms with Gasteiger partial charge in [0, 0.05) is 51.1 Å². The van der Waals surface area contributed by atoms with Crippen molar-refractivity contribution in [1.82, 2.24) is 0 Å². The van der Waals surface area contributed by atoms with Crippen molar-refractivity contribution in [3.63, 3.8) is 0 Å². The van der Waals surface area contributed by atoms with Crippen LogP contribution in [0.5, 0.6) is 0 Å². The van der Waals surface area contributed by atoms with Crippen molar-refractivity contribution in [1.29, 1.82) is 0 Å². The van der Waals surface area contributed by atoms with E-state index >= 15 is 0 Å². The maximum atomic E-state index is 8.69. The molecule has 3 fully saturated rings. The molecule has 0 N–H and O–H groups in total. The zero-order chi connectivity index (χ0) is 99.5. The molecule has 3 aliphatic rings. The molecule has 5 heterocycles. The van der Waals surface area contributed by atoms with Crippen LogP contribution in [0.4, 0.5) is 0 Å². The lowest BCUT2D eigenvalue weighted by molar-refractivity contribution is -0.665. The zero-order valence-corrected chi connectivity index (χ0v) is 87.2. The smallest absolute Gasteiger partial charge is 0.200 e. The Bertz CT molecular complexity index is 7730. The van der Waals surface area contributed by atoms with Crippen molar-refractivity contribution in [2.75, 3.05) is 0 Å². The summed E-state index contributed by atoms with van der Waals surface area (Å²) in [7, 11) is 10.6. The SMILES string of the molecule is Cc1ccc2c(-c3cc(-c4ccccc4)cc(C)c3C)[n+](C)c(C)cc2c1.Cc1ccc2c(-c3cc(-c4ccccc4)ccc3C)[n+](C)c(C)cc2c1.Cc1ccc2c(-c3cc(C4CCCCC4)cc(C)c3C)[n+](C)c(C)cc2c1.[2H]c1cc2cc(C)ccc2c(-c2cc(-c3ccccc3)cc(C(C)C)c2C)[n+]1C.[2H]c1cc2cc(C)ccc2c(-c2cc(C3CCCCC3)cc(C3CCCCC3)c2C)[n+]1C. The molecular formula is C134H148N5+5. The van der Waals surface area contributed by atoms with Gasteiger partial charge in [-0.15, -0.1) is 0 Å². The van der Waals surface area contributed by atoms with E-state index in [2.05, 4.69) is 431 Å². The summed E-state index contributed by atoms with van der Waals surface area (Å²) in [5.74, 6) is 2.56. The first-order valence-electron chi connectivity index (χ1n) is 52.6. The average Bonchev–Trinajstić information content (AvgIpc) is 0.749. The van der Waals surface area contributed by atoms with Crippen LogP contribution in [-0.4, -0.2) is 0 Å². The fourth-order valence-corrected chi connectivity index (χ4v) is 22.9. The topological polar surface area (TPSA) is 19.4 Å². The molecule has 0 spiro atoms. The molecule has 704 valence electrons. The van der Waals surface area contributed by atoms with E-state index in [1.54, 1.807) is 16.7 Å². The Hall–Kier alpha value is -13.1. The lowest BCUT2D eigenvalue weighted by Crippen LogP contribution is -2.35. The van der Waals surface area contributed by atoms with Gasteiger partial charge in [0.05, 0.1) is 54.7 Å². The monoisotopic (exact) mass is 1830 g/mol. The van der Waals surface area contributed by atoms with Gasteiger partial charge in [-0.05, 0) is 327 Å². The van der Waals surface area contributed by atoms with Gasteiger partial charge in [-0.3, -0.25) is 0 Å². The van der Waals surface area contributed by atoms with Gasteiger partial charge in [-0.25, -0.2) is 9.13 Å². The van der Waals surface area contributed by atoms with Gasteiger partial charge in [0.2, 0.25) is 28.5 Å². The molecule has 18 aromatic rings. The second kappa shape index (κ2) is 42.7. The molecule has 5 nitrogen and oxygen atoms in total. The second-order valence-electron chi connectivity index (χ2n) is 41.7. The molecule has 3 aliphatic carbocycles. The number of nitrogens with zero attached hydrogens (tertiary/aromatic N) is 5. The summed E-state index contributed by atoms with van der Waals surface area (Å²) in [6.45, 7) is 37.6. The van der Waals surface area contributed by atoms with Crippen LogP contribution in [0, 0.1) is 104 Å². The van der Waals surface area contributed by atoms with Crippen molar-refractivity contribution in [2.45, 2.75) is 238 Å². The van der Waals surface area contributed by atoms with Gasteiger partial charge < -0.3 is 0 Å². The molecule has 0 radical (unpaired) electrons. The van der Waals surface area contributed by atoms with Gasteiger partial charge in [-0.1, -0.05) is 288 Å². The van der Waals surface area contributed by atoms with Crippen LogP contribution in [-0.2, 0) is 35.2 Å². The molecule has 5 aromatic heterocycles. The Morgan fingerprint density at radius 1 is 0.245 bits per heavy atom. The first-order valence-corrected chi connectivity index (χ1v) is 51.6. The molecule has 13 aromatic carbocycles. The summed E-state index contributed by atoms with van der Waals surface area (Å²) < 4.78 is 28.4. The Kier molecular flexibility index (Phi) is 29.1. The van der Waals surface area contributed by atoms with Crippen LogP contribution in [0.2, 0.25) is 0 Å². The zero-order valence-electron chi connectivity index (χ0n) is 89.2. The summed E-state index contributed by atoms with van der Waals surface area (Å²) in [4.78, 5) is 0. The first-order chi connectivity index (χ1) is 67.8. The molecular weight excluding hydrogens is 1680 g/mol. The number of aryl methyl sites for hydroxylation is 11. The predicted octanol–water partition coefficient (Wildman–Crippen LogP) is 33.6. The van der Waals surface area contributed by atoms with E-state index in [9.17, 15) is 0 Å². The lowest BCUT2D eigenvalue weighted by atomic mass is 9.76. The van der Waals surface area contributed by atoms with Crippen molar-refractivity contribution in [3.05, 3.63) is 397 Å². The predicted molar refractivity (Wildman–Crippen MR) is 592 cm³/mol. The molecule has 3 saturated carbocycles. The Labute approximate surface area is 833 Å². The van der Waals surface area contributed by atoms with Gasteiger partial charge in [0.1, 0.15) is 38.0 Å². The molecule has 139 heavy (non-hydrogen) atoms. The third kappa shape index (κ3) is 21.1. The van der Waals surface area contributed by atoms with E-state index in [1.165, 1.54) is 318 Å². The highest BCUT2D eigenvalue weighted by atomic mass is 15.0. The number of benzene rings is 13. The third-order valence-electron chi connectivity index (χ3n) is 31.4. The largest absolute Gasteiger partial charge is 0.220 e. The van der Waals surface area contributed by atoms with E-state index in [-0.39, 0.29) is 0 Å². The van der Waals surface area contributed by atoms with Gasteiger partial charge >= 0.3 is 0 Å². The normalized spacial score (nSPS) is 13.9. The fourth-order valence-electron chi connectivity index (χ4n) is 22.9. The van der Waals surface area contributed by atoms with Crippen molar-refractivity contribution >= 4 is 53.9 Å². The molecule has 0 unspecified atom stereocenters. The summed E-state index contributed by atoms with van der Waals surface area (Å²) in [5, 5.41) is 12.7. The van der Waals surface area contributed by atoms with E-state index in [0.29, 0.717) is 30.1 Å². The minimum absolute atomic E-state index is 0.426. The summed E-state index contributed by atoms with van der Waals surface area (Å²) in [6.07, 6.45) is 21.6. The number of pyridine rings is 5. The van der Waals surface area contributed by atoms with Crippen LogP contribution in [0.3, 0.4) is 0 Å². The van der Waals surface area contributed by atoms with Crippen LogP contribution in [0.15, 0.2) is 291 Å². The molecule has 0 amide bonds. The van der Waals surface area contributed by atoms with Crippen LogP contribution in [0.1, 0.15) is 243 Å². The molecule has 21 rings (SSSR count). The summed E-state index contributed by atoms with van der Waals surface area (Å²) >= 11 is 0. The Morgan fingerprint density at radius 2 is 0.568 bits per heavy atom. The van der Waals surface area contributed by atoms with E-state index in [1.807, 2.05) is 23.7 Å².